The highest BCUT2D eigenvalue weighted by Crippen LogP contribution is 2.19. The summed E-state index contributed by atoms with van der Waals surface area (Å²) in [5, 5.41) is 3.01. The molecular weight excluding hydrogens is 402 g/mol. The average molecular weight is 418 g/mol. The molecule has 1 heterocycles. The van der Waals surface area contributed by atoms with Crippen molar-refractivity contribution in [3.63, 3.8) is 0 Å². The van der Waals surface area contributed by atoms with Gasteiger partial charge in [-0.1, -0.05) is 12.1 Å². The van der Waals surface area contributed by atoms with Crippen molar-refractivity contribution in [2.24, 2.45) is 5.73 Å². The van der Waals surface area contributed by atoms with Crippen LogP contribution in [0.1, 0.15) is 15.9 Å². The number of nitrogens with one attached hydrogen (secondary N) is 2. The first-order valence-corrected chi connectivity index (χ1v) is 9.79. The van der Waals surface area contributed by atoms with Crippen molar-refractivity contribution in [1.82, 2.24) is 4.98 Å². The molecule has 0 saturated carbocycles. The molecule has 0 aliphatic heterocycles. The molecule has 4 N–H and O–H groups in total. The first-order chi connectivity index (χ1) is 13.7. The van der Waals surface area contributed by atoms with E-state index in [2.05, 4.69) is 15.0 Å². The van der Waals surface area contributed by atoms with Gasteiger partial charge in [-0.05, 0) is 42.0 Å². The van der Waals surface area contributed by atoms with E-state index in [9.17, 15) is 22.0 Å². The first-order valence-electron chi connectivity index (χ1n) is 8.30. The van der Waals surface area contributed by atoms with Gasteiger partial charge in [0.1, 0.15) is 22.3 Å². The second-order valence-corrected chi connectivity index (χ2v) is 7.74. The maximum Gasteiger partial charge on any atom is 0.263 e. The summed E-state index contributed by atoms with van der Waals surface area (Å²) < 4.78 is 53.3. The van der Waals surface area contributed by atoms with Crippen LogP contribution in [0.5, 0.6) is 0 Å². The number of sulfonamides is 1. The number of pyridine rings is 1. The number of amides is 1. The minimum Gasteiger partial charge on any atom is -0.366 e. The molecular formula is C19H16F2N4O3S. The summed E-state index contributed by atoms with van der Waals surface area (Å²) in [6.07, 6.45) is 1.12. The molecule has 0 atom stereocenters. The third kappa shape index (κ3) is 5.26. The molecule has 0 radical (unpaired) electrons. The lowest BCUT2D eigenvalue weighted by molar-refractivity contribution is 0.1000. The summed E-state index contributed by atoms with van der Waals surface area (Å²) in [7, 11) is -4.06. The van der Waals surface area contributed by atoms with Crippen molar-refractivity contribution in [2.45, 2.75) is 11.4 Å². The van der Waals surface area contributed by atoms with E-state index in [1.807, 2.05) is 0 Å². The van der Waals surface area contributed by atoms with Crippen LogP contribution < -0.4 is 15.8 Å². The number of rotatable bonds is 7. The Labute approximate surface area is 165 Å². The number of hydrogen-bond acceptors (Lipinski definition) is 5. The maximum atomic E-state index is 13.2. The number of aromatic nitrogens is 1. The molecule has 0 aliphatic rings. The molecule has 0 aliphatic carbocycles. The first kappa shape index (κ1) is 20.2. The van der Waals surface area contributed by atoms with Crippen LogP contribution in [0.25, 0.3) is 0 Å². The van der Waals surface area contributed by atoms with E-state index in [1.165, 1.54) is 12.1 Å². The molecule has 1 amide bonds. The zero-order valence-corrected chi connectivity index (χ0v) is 15.7. The largest absolute Gasteiger partial charge is 0.366 e. The van der Waals surface area contributed by atoms with Gasteiger partial charge in [-0.2, -0.15) is 0 Å². The molecule has 150 valence electrons. The molecule has 29 heavy (non-hydrogen) atoms. The number of nitrogens with two attached hydrogens (primary N) is 1. The molecule has 3 aromatic rings. The summed E-state index contributed by atoms with van der Waals surface area (Å²) in [6, 6.07) is 11.8. The van der Waals surface area contributed by atoms with Crippen molar-refractivity contribution in [3.05, 3.63) is 83.6 Å². The van der Waals surface area contributed by atoms with E-state index in [0.717, 1.165) is 23.9 Å². The van der Waals surface area contributed by atoms with Crippen LogP contribution in [0.15, 0.2) is 65.7 Å². The second-order valence-electron chi connectivity index (χ2n) is 6.06. The number of carbonyl (C=O) groups excluding carboxylic acids is 1. The summed E-state index contributed by atoms with van der Waals surface area (Å²) in [5.41, 5.74) is 6.21. The molecule has 0 saturated heterocycles. The van der Waals surface area contributed by atoms with Crippen molar-refractivity contribution >= 4 is 27.4 Å². The maximum absolute atomic E-state index is 13.2. The fourth-order valence-electron chi connectivity index (χ4n) is 2.45. The van der Waals surface area contributed by atoms with E-state index < -0.39 is 27.6 Å². The number of carbonyl (C=O) groups is 1. The fourth-order valence-corrected chi connectivity index (χ4v) is 3.43. The van der Waals surface area contributed by atoms with Crippen LogP contribution in [0.2, 0.25) is 0 Å². The molecule has 10 heteroatoms. The van der Waals surface area contributed by atoms with Crippen LogP contribution in [0, 0.1) is 11.6 Å². The van der Waals surface area contributed by atoms with Gasteiger partial charge in [0, 0.05) is 24.4 Å². The van der Waals surface area contributed by atoms with Crippen molar-refractivity contribution < 1.29 is 22.0 Å². The number of benzene rings is 2. The van der Waals surface area contributed by atoms with Crippen LogP contribution in [0.4, 0.5) is 20.3 Å². The lowest BCUT2D eigenvalue weighted by Gasteiger charge is -2.10. The highest BCUT2D eigenvalue weighted by molar-refractivity contribution is 7.92. The van der Waals surface area contributed by atoms with E-state index in [-0.39, 0.29) is 10.6 Å². The Balaban J connectivity index is 1.66. The van der Waals surface area contributed by atoms with Gasteiger partial charge in [0.15, 0.2) is 0 Å². The topological polar surface area (TPSA) is 114 Å². The van der Waals surface area contributed by atoms with Crippen LogP contribution in [-0.2, 0) is 16.6 Å². The highest BCUT2D eigenvalue weighted by atomic mass is 32.2. The number of anilines is 2. The normalized spacial score (nSPS) is 11.1. The standard InChI is InChI=1S/C19H16F2N4O3S/c20-14-7-15(21)9-16(8-14)25-29(27,28)17-5-6-18(24-11-17)23-10-12-1-3-13(4-2-12)19(22)26/h1-9,11,25H,10H2,(H2,22,26)(H,23,24). The lowest BCUT2D eigenvalue weighted by atomic mass is 10.1. The van der Waals surface area contributed by atoms with E-state index in [1.54, 1.807) is 24.3 Å². The van der Waals surface area contributed by atoms with Crippen molar-refractivity contribution in [2.75, 3.05) is 10.0 Å². The van der Waals surface area contributed by atoms with E-state index in [4.69, 9.17) is 5.73 Å². The van der Waals surface area contributed by atoms with Crippen LogP contribution in [0.3, 0.4) is 0 Å². The quantitative estimate of drug-likeness (QED) is 0.546. The smallest absolute Gasteiger partial charge is 0.263 e. The van der Waals surface area contributed by atoms with Crippen LogP contribution >= 0.6 is 0 Å². The summed E-state index contributed by atoms with van der Waals surface area (Å²) in [5.74, 6) is -1.90. The molecule has 3 rings (SSSR count). The van der Waals surface area contributed by atoms with Gasteiger partial charge >= 0.3 is 0 Å². The molecule has 0 bridgehead atoms. The summed E-state index contributed by atoms with van der Waals surface area (Å²) in [4.78, 5) is 14.9. The Morgan fingerprint density at radius 2 is 1.66 bits per heavy atom. The van der Waals surface area contributed by atoms with Gasteiger partial charge in [-0.3, -0.25) is 9.52 Å². The Morgan fingerprint density at radius 1 is 1.00 bits per heavy atom. The van der Waals surface area contributed by atoms with E-state index in [0.29, 0.717) is 24.0 Å². The SMILES string of the molecule is NC(=O)c1ccc(CNc2ccc(S(=O)(=O)Nc3cc(F)cc(F)c3)cn2)cc1. The Bertz CT molecular complexity index is 1110. The fraction of sp³-hybridized carbons (Fsp3) is 0.0526. The summed E-state index contributed by atoms with van der Waals surface area (Å²) in [6.45, 7) is 0.388. The molecule has 1 aromatic heterocycles. The predicted molar refractivity (Wildman–Crippen MR) is 104 cm³/mol. The Morgan fingerprint density at radius 3 is 2.21 bits per heavy atom. The zero-order valence-electron chi connectivity index (χ0n) is 14.9. The molecule has 0 unspecified atom stereocenters. The van der Waals surface area contributed by atoms with Crippen molar-refractivity contribution in [3.8, 4) is 0 Å². The summed E-state index contributed by atoms with van der Waals surface area (Å²) >= 11 is 0. The third-order valence-electron chi connectivity index (χ3n) is 3.87. The number of nitrogens with zero attached hydrogens (tertiary/aromatic N) is 1. The van der Waals surface area contributed by atoms with Gasteiger partial charge in [-0.15, -0.1) is 0 Å². The lowest BCUT2D eigenvalue weighted by Crippen LogP contribution is -2.14. The monoisotopic (exact) mass is 418 g/mol. The number of hydrogen-bond donors (Lipinski definition) is 3. The highest BCUT2D eigenvalue weighted by Gasteiger charge is 2.16. The molecule has 0 spiro atoms. The van der Waals surface area contributed by atoms with Crippen LogP contribution in [-0.4, -0.2) is 19.3 Å². The number of halogens is 2. The van der Waals surface area contributed by atoms with Gasteiger partial charge in [0.2, 0.25) is 5.91 Å². The van der Waals surface area contributed by atoms with Gasteiger partial charge < -0.3 is 11.1 Å². The Hall–Kier alpha value is -3.53. The molecule has 0 fully saturated rings. The minimum atomic E-state index is -4.06. The second kappa shape index (κ2) is 8.23. The van der Waals surface area contributed by atoms with Gasteiger partial charge in [-0.25, -0.2) is 22.2 Å². The van der Waals surface area contributed by atoms with Gasteiger partial charge in [0.25, 0.3) is 10.0 Å². The molecule has 2 aromatic carbocycles. The minimum absolute atomic E-state index is 0.168. The van der Waals surface area contributed by atoms with E-state index >= 15 is 0 Å². The average Bonchev–Trinajstić information content (AvgIpc) is 2.66. The predicted octanol–water partition coefficient (Wildman–Crippen LogP) is 2.87. The number of primary amides is 1. The third-order valence-corrected chi connectivity index (χ3v) is 5.24. The molecule has 7 nitrogen and oxygen atoms in total. The zero-order chi connectivity index (χ0) is 21.0. The van der Waals surface area contributed by atoms with Crippen molar-refractivity contribution in [1.29, 1.82) is 0 Å². The van der Waals surface area contributed by atoms with Gasteiger partial charge in [0.05, 0.1) is 5.69 Å². The Kier molecular flexibility index (Phi) is 5.74.